The number of hydrogen-bond acceptors (Lipinski definition) is 1. The Balaban J connectivity index is 4.32. The van der Waals surface area contributed by atoms with E-state index in [1.54, 1.807) is 0 Å². The van der Waals surface area contributed by atoms with Crippen LogP contribution in [-0.4, -0.2) is 30.4 Å². The maximum atomic E-state index is 5.82. The van der Waals surface area contributed by atoms with Crippen molar-refractivity contribution in [2.75, 3.05) is 20.0 Å². The van der Waals surface area contributed by atoms with Crippen molar-refractivity contribution in [2.45, 2.75) is 328 Å². The lowest BCUT2D eigenvalue weighted by Gasteiger charge is -2.41. The van der Waals surface area contributed by atoms with Crippen LogP contribution in [0.15, 0.2) is 0 Å². The largest absolute Gasteiger partial charge is 0.304 e. The monoisotopic (exact) mass is 808 g/mol. The molecule has 0 fully saturated rings. The van der Waals surface area contributed by atoms with Crippen molar-refractivity contribution in [3.8, 4) is 0 Å². The molecular formula is C54H110ClN. The first-order chi connectivity index (χ1) is 27.6. The highest BCUT2D eigenvalue weighted by Crippen LogP contribution is 2.33. The maximum absolute atomic E-state index is 5.82. The fraction of sp³-hybridized carbons (Fsp3) is 1.00. The van der Waals surface area contributed by atoms with Crippen LogP contribution >= 0.6 is 11.6 Å². The van der Waals surface area contributed by atoms with Gasteiger partial charge in [0.25, 0.3) is 0 Å². The summed E-state index contributed by atoms with van der Waals surface area (Å²) in [6, 6.07) is 0. The van der Waals surface area contributed by atoms with Gasteiger partial charge >= 0.3 is 0 Å². The Morgan fingerprint density at radius 3 is 0.571 bits per heavy atom. The Labute approximate surface area is 362 Å². The molecule has 0 atom stereocenters. The minimum Gasteiger partial charge on any atom is -0.304 e. The van der Waals surface area contributed by atoms with Gasteiger partial charge in [-0.3, -0.25) is 0 Å². The third-order valence-electron chi connectivity index (χ3n) is 13.7. The van der Waals surface area contributed by atoms with E-state index in [4.69, 9.17) is 11.6 Å². The Morgan fingerprint density at radius 2 is 0.411 bits per heavy atom. The van der Waals surface area contributed by atoms with Crippen LogP contribution in [0.2, 0.25) is 0 Å². The molecule has 0 unspecified atom stereocenters. The first kappa shape index (κ1) is 56.2. The van der Waals surface area contributed by atoms with Gasteiger partial charge in [-0.05, 0) is 39.8 Å². The molecule has 56 heavy (non-hydrogen) atoms. The Bertz CT molecular complexity index is 654. The summed E-state index contributed by atoms with van der Waals surface area (Å²) in [6.07, 6.45) is 69.6. The molecule has 0 aromatic carbocycles. The smallest absolute Gasteiger partial charge is 0.0223 e. The Hall–Kier alpha value is 0.250. The van der Waals surface area contributed by atoms with Crippen LogP contribution < -0.4 is 0 Å². The molecule has 0 amide bonds. The van der Waals surface area contributed by atoms with Crippen molar-refractivity contribution < 1.29 is 0 Å². The van der Waals surface area contributed by atoms with Gasteiger partial charge in [-0.2, -0.15) is 0 Å². The number of unbranched alkanes of at least 4 members (excludes halogenated alkanes) is 42. The number of hydrogen-bond donors (Lipinski definition) is 0. The summed E-state index contributed by atoms with van der Waals surface area (Å²) in [5.41, 5.74) is 0.440. The van der Waals surface area contributed by atoms with Crippen LogP contribution in [0, 0.1) is 0 Å². The fourth-order valence-electron chi connectivity index (χ4n) is 9.54. The number of nitrogens with zero attached hydrogens (tertiary/aromatic N) is 1. The van der Waals surface area contributed by atoms with E-state index in [2.05, 4.69) is 32.8 Å². The third-order valence-corrected chi connectivity index (χ3v) is 14.0. The van der Waals surface area contributed by atoms with Crippen molar-refractivity contribution in [2.24, 2.45) is 0 Å². The van der Waals surface area contributed by atoms with E-state index in [-0.39, 0.29) is 0 Å². The Morgan fingerprint density at radius 1 is 0.250 bits per heavy atom. The minimum atomic E-state index is 0.440. The maximum Gasteiger partial charge on any atom is 0.0223 e. The van der Waals surface area contributed by atoms with Crippen LogP contribution in [0.3, 0.4) is 0 Å². The van der Waals surface area contributed by atoms with E-state index >= 15 is 0 Å². The van der Waals surface area contributed by atoms with Gasteiger partial charge in [0, 0.05) is 11.4 Å². The third kappa shape index (κ3) is 41.0. The van der Waals surface area contributed by atoms with Crippen LogP contribution in [0.4, 0.5) is 0 Å². The summed E-state index contributed by atoms with van der Waals surface area (Å²) in [7, 11) is 4.85. The molecule has 0 bridgehead atoms. The Kier molecular flexibility index (Phi) is 48.1. The molecule has 0 aliphatic heterocycles. The van der Waals surface area contributed by atoms with Gasteiger partial charge in [0.15, 0.2) is 0 Å². The van der Waals surface area contributed by atoms with Gasteiger partial charge < -0.3 is 4.90 Å². The van der Waals surface area contributed by atoms with E-state index in [0.717, 1.165) is 5.88 Å². The van der Waals surface area contributed by atoms with Crippen LogP contribution in [-0.2, 0) is 0 Å². The standard InChI is InChI=1S/C54H110ClN/c1-5-7-9-11-13-15-17-19-21-23-26-30-34-38-42-46-50-54(56(3)4,52-48-44-40-36-32-28-25-29-33-37-41-45-49-53-55)51-47-43-39-35-31-27-24-22-20-18-16-14-12-10-8-6-2/h5-53H2,1-4H3. The van der Waals surface area contributed by atoms with Gasteiger partial charge in [-0.25, -0.2) is 0 Å². The van der Waals surface area contributed by atoms with Crippen LogP contribution in [0.5, 0.6) is 0 Å². The van der Waals surface area contributed by atoms with Crippen LogP contribution in [0.1, 0.15) is 322 Å². The van der Waals surface area contributed by atoms with Crippen LogP contribution in [0.25, 0.3) is 0 Å². The van der Waals surface area contributed by atoms with Gasteiger partial charge in [0.05, 0.1) is 0 Å². The van der Waals surface area contributed by atoms with Gasteiger partial charge in [-0.1, -0.05) is 296 Å². The highest BCUT2D eigenvalue weighted by atomic mass is 35.5. The number of alkyl halides is 1. The second-order valence-electron chi connectivity index (χ2n) is 19.3. The SMILES string of the molecule is CCCCCCCCCCCCCCCCCCC(CCCCCCCCCCCCCCCCl)(CCCCCCCCCCCCCCCCCC)N(C)C. The predicted octanol–water partition coefficient (Wildman–Crippen LogP) is 20.3. The zero-order valence-corrected chi connectivity index (χ0v) is 40.7. The highest BCUT2D eigenvalue weighted by molar-refractivity contribution is 6.17. The zero-order valence-electron chi connectivity index (χ0n) is 40.0. The second kappa shape index (κ2) is 47.9. The molecule has 0 saturated heterocycles. The first-order valence-corrected chi connectivity index (χ1v) is 27.4. The predicted molar refractivity (Wildman–Crippen MR) is 260 cm³/mol. The molecule has 0 N–H and O–H groups in total. The van der Waals surface area contributed by atoms with E-state index in [1.807, 2.05) is 0 Å². The van der Waals surface area contributed by atoms with Gasteiger partial charge in [0.2, 0.25) is 0 Å². The fourth-order valence-corrected chi connectivity index (χ4v) is 9.73. The molecule has 0 heterocycles. The summed E-state index contributed by atoms with van der Waals surface area (Å²) in [4.78, 5) is 2.69. The van der Waals surface area contributed by atoms with Gasteiger partial charge in [0.1, 0.15) is 0 Å². The molecule has 0 aromatic rings. The summed E-state index contributed by atoms with van der Waals surface area (Å²) < 4.78 is 0. The molecule has 338 valence electrons. The lowest BCUT2D eigenvalue weighted by molar-refractivity contribution is 0.104. The molecular weight excluding hydrogens is 698 g/mol. The normalized spacial score (nSPS) is 12.1. The molecule has 0 radical (unpaired) electrons. The van der Waals surface area contributed by atoms with Gasteiger partial charge in [-0.15, -0.1) is 11.6 Å². The average molecular weight is 809 g/mol. The summed E-state index contributed by atoms with van der Waals surface area (Å²) >= 11 is 5.82. The number of halogens is 1. The molecule has 0 rings (SSSR count). The zero-order chi connectivity index (χ0) is 40.7. The lowest BCUT2D eigenvalue weighted by atomic mass is 9.80. The molecule has 1 nitrogen and oxygen atoms in total. The molecule has 0 saturated carbocycles. The van der Waals surface area contributed by atoms with Crippen molar-refractivity contribution in [1.29, 1.82) is 0 Å². The van der Waals surface area contributed by atoms with Crippen molar-refractivity contribution in [3.63, 3.8) is 0 Å². The summed E-state index contributed by atoms with van der Waals surface area (Å²) in [5, 5.41) is 0. The highest BCUT2D eigenvalue weighted by Gasteiger charge is 2.30. The van der Waals surface area contributed by atoms with Crippen molar-refractivity contribution in [3.05, 3.63) is 0 Å². The van der Waals surface area contributed by atoms with E-state index in [9.17, 15) is 0 Å². The summed E-state index contributed by atoms with van der Waals surface area (Å²) in [6.45, 7) is 4.64. The molecule has 0 aliphatic rings. The van der Waals surface area contributed by atoms with Crippen molar-refractivity contribution in [1.82, 2.24) is 4.90 Å². The van der Waals surface area contributed by atoms with E-state index < -0.39 is 0 Å². The second-order valence-corrected chi connectivity index (χ2v) is 19.6. The molecule has 0 aliphatic carbocycles. The summed E-state index contributed by atoms with van der Waals surface area (Å²) in [5.74, 6) is 0.843. The average Bonchev–Trinajstić information content (AvgIpc) is 3.20. The quantitative estimate of drug-likeness (QED) is 0.0437. The molecule has 0 spiro atoms. The minimum absolute atomic E-state index is 0.440. The van der Waals surface area contributed by atoms with E-state index in [0.29, 0.717) is 5.54 Å². The topological polar surface area (TPSA) is 3.24 Å². The number of rotatable bonds is 50. The lowest BCUT2D eigenvalue weighted by Crippen LogP contribution is -2.44. The molecule has 2 heteroatoms. The van der Waals surface area contributed by atoms with E-state index in [1.165, 1.54) is 308 Å². The first-order valence-electron chi connectivity index (χ1n) is 26.9. The van der Waals surface area contributed by atoms with Crippen molar-refractivity contribution >= 4 is 11.6 Å². The molecule has 0 aromatic heterocycles.